The van der Waals surface area contributed by atoms with Gasteiger partial charge in [0.1, 0.15) is 0 Å². The Labute approximate surface area is 86.5 Å². The van der Waals surface area contributed by atoms with E-state index < -0.39 is 0 Å². The summed E-state index contributed by atoms with van der Waals surface area (Å²) in [5, 5.41) is 0. The zero-order valence-corrected chi connectivity index (χ0v) is 8.81. The second kappa shape index (κ2) is 29.7. The monoisotopic (exact) mass is 196 g/mol. The van der Waals surface area contributed by atoms with Crippen molar-refractivity contribution in [1.82, 2.24) is 0 Å². The number of rotatable bonds is 3. The Morgan fingerprint density at radius 3 is 1.31 bits per heavy atom. The van der Waals surface area contributed by atoms with Gasteiger partial charge in [-0.1, -0.05) is 75.2 Å². The summed E-state index contributed by atoms with van der Waals surface area (Å²) in [5.74, 6) is 0.903. The van der Waals surface area contributed by atoms with E-state index in [4.69, 9.17) is 0 Å². The average molecular weight is 196 g/mol. The van der Waals surface area contributed by atoms with Crippen LogP contribution in [0, 0.1) is 5.92 Å². The van der Waals surface area contributed by atoms with Crippen LogP contribution in [0.2, 0.25) is 0 Å². The third-order valence-electron chi connectivity index (χ3n) is 1.14. The summed E-state index contributed by atoms with van der Waals surface area (Å²) in [6.45, 7) is 11.0. The molecule has 0 radical (unpaired) electrons. The van der Waals surface area contributed by atoms with E-state index in [0.29, 0.717) is 0 Å². The molecule has 0 saturated heterocycles. The molecule has 88 valence electrons. The van der Waals surface area contributed by atoms with Crippen molar-refractivity contribution < 1.29 is 4.70 Å². The van der Waals surface area contributed by atoms with Crippen LogP contribution in [-0.4, -0.2) is 0 Å². The second-order valence-corrected chi connectivity index (χ2v) is 3.24. The van der Waals surface area contributed by atoms with Crippen LogP contribution in [0.25, 0.3) is 0 Å². The molecule has 0 aromatic carbocycles. The first-order chi connectivity index (χ1) is 4.68. The zero-order chi connectivity index (χ0) is 8.41. The summed E-state index contributed by atoms with van der Waals surface area (Å²) in [6, 6.07) is 0. The Balaban J connectivity index is -0.0000000320. The van der Waals surface area contributed by atoms with Crippen molar-refractivity contribution in [3.05, 3.63) is 0 Å². The summed E-state index contributed by atoms with van der Waals surface area (Å²) >= 11 is 0. The Kier molecular flexibility index (Phi) is 66.8. The van der Waals surface area contributed by atoms with Gasteiger partial charge in [-0.15, -0.1) is 0 Å². The van der Waals surface area contributed by atoms with Gasteiger partial charge in [0.15, 0.2) is 0 Å². The molecule has 0 rings (SSSR count). The Morgan fingerprint density at radius 1 is 0.923 bits per heavy atom. The molecule has 0 saturated carbocycles. The molecule has 0 nitrogen and oxygen atoms in total. The van der Waals surface area contributed by atoms with Crippen LogP contribution >= 0.6 is 0 Å². The highest BCUT2D eigenvalue weighted by Crippen LogP contribution is 2.04. The second-order valence-electron chi connectivity index (χ2n) is 3.24. The first kappa shape index (κ1) is 29.3. The molecule has 0 fully saturated rings. The number of unbranched alkanes of at least 4 members (excludes halogenated alkanes) is 1. The highest BCUT2D eigenvalue weighted by molar-refractivity contribution is 4.42. The fourth-order valence-corrected chi connectivity index (χ4v) is 0.612. The Morgan fingerprint density at radius 2 is 1.23 bits per heavy atom. The largest absolute Gasteiger partial charge is 0.269 e. The van der Waals surface area contributed by atoms with Crippen molar-refractivity contribution >= 4 is 0 Å². The van der Waals surface area contributed by atoms with Gasteiger partial charge in [0.05, 0.1) is 0 Å². The van der Waals surface area contributed by atoms with Crippen molar-refractivity contribution in [2.75, 3.05) is 0 Å². The summed E-state index contributed by atoms with van der Waals surface area (Å²) in [5.41, 5.74) is 0. The highest BCUT2D eigenvalue weighted by Gasteiger charge is 1.88. The quantitative estimate of drug-likeness (QED) is 0.545. The van der Waals surface area contributed by atoms with Gasteiger partial charge in [0, 0.05) is 0 Å². The van der Waals surface area contributed by atoms with Crippen LogP contribution in [0.5, 0.6) is 0 Å². The first-order valence-electron chi connectivity index (χ1n) is 4.68. The van der Waals surface area contributed by atoms with E-state index in [-0.39, 0.29) is 19.6 Å². The summed E-state index contributed by atoms with van der Waals surface area (Å²) in [7, 11) is 0. The van der Waals surface area contributed by atoms with E-state index in [0.717, 1.165) is 5.92 Å². The maximum atomic E-state index is 2.27. The molecule has 1 heteroatoms. The van der Waals surface area contributed by atoms with Crippen LogP contribution in [0.1, 0.15) is 75.2 Å². The van der Waals surface area contributed by atoms with Crippen LogP contribution in [0.3, 0.4) is 0 Å². The van der Waals surface area contributed by atoms with Gasteiger partial charge in [-0.05, 0) is 5.92 Å². The van der Waals surface area contributed by atoms with Gasteiger partial charge >= 0.3 is 0 Å². The summed E-state index contributed by atoms with van der Waals surface area (Å²) in [4.78, 5) is 0. The zero-order valence-electron chi connectivity index (χ0n) is 8.81. The van der Waals surface area contributed by atoms with Crippen molar-refractivity contribution in [1.29, 1.82) is 0 Å². The Bertz CT molecular complexity index is 42.4. The molecule has 0 aliphatic heterocycles. The third kappa shape index (κ3) is 76.2. The molecule has 0 heterocycles. The van der Waals surface area contributed by atoms with E-state index >= 15 is 0 Å². The molecule has 0 N–H and O–H groups in total. The topological polar surface area (TPSA) is 0 Å². The highest BCUT2D eigenvalue weighted by atomic mass is 19.0. The number of hydrogen-bond acceptors (Lipinski definition) is 0. The fourth-order valence-electron chi connectivity index (χ4n) is 0.612. The summed E-state index contributed by atoms with van der Waals surface area (Å²) in [6.07, 6.45) is 5.40. The summed E-state index contributed by atoms with van der Waals surface area (Å²) < 4.78 is 0. The van der Waals surface area contributed by atoms with Gasteiger partial charge in [0.2, 0.25) is 0 Å². The van der Waals surface area contributed by atoms with E-state index in [9.17, 15) is 0 Å². The lowest BCUT2D eigenvalue weighted by molar-refractivity contribution is 0.550. The lowest BCUT2D eigenvalue weighted by atomic mass is 10.1. The maximum absolute atomic E-state index is 2.27. The smallest absolute Gasteiger partial charge is 0.0471 e. The normalized spacial score (nSPS) is 6.92. The minimum Gasteiger partial charge on any atom is -0.269 e. The molecule has 0 spiro atoms. The third-order valence-corrected chi connectivity index (χ3v) is 1.14. The Hall–Kier alpha value is -0.0700. The van der Waals surface area contributed by atoms with Gasteiger partial charge in [-0.25, -0.2) is 0 Å². The van der Waals surface area contributed by atoms with Gasteiger partial charge < -0.3 is 0 Å². The van der Waals surface area contributed by atoms with Crippen molar-refractivity contribution in [3.8, 4) is 0 Å². The van der Waals surface area contributed by atoms with Gasteiger partial charge in [-0.3, -0.25) is 4.70 Å². The van der Waals surface area contributed by atoms with E-state index in [2.05, 4.69) is 34.6 Å². The minimum atomic E-state index is 0. The number of hydrogen-bond donors (Lipinski definition) is 0. The van der Waals surface area contributed by atoms with E-state index in [1.54, 1.807) is 0 Å². The van der Waals surface area contributed by atoms with Crippen molar-refractivity contribution in [2.45, 2.75) is 75.2 Å². The van der Waals surface area contributed by atoms with E-state index in [1.165, 1.54) is 25.7 Å². The lowest BCUT2D eigenvalue weighted by Gasteiger charge is -1.98. The molecular formula is C12H33F. The average Bonchev–Trinajstić information content (AvgIpc) is 1.85. The molecule has 13 heavy (non-hydrogen) atoms. The van der Waals surface area contributed by atoms with Crippen LogP contribution in [0.4, 0.5) is 4.70 Å². The molecule has 0 atom stereocenters. The molecule has 0 bridgehead atoms. The number of halogens is 1. The molecule has 0 aliphatic rings. The lowest BCUT2D eigenvalue weighted by Crippen LogP contribution is -1.83. The maximum Gasteiger partial charge on any atom is -0.0471 e. The molecule has 0 aromatic rings. The molecule has 0 aromatic heterocycles. The van der Waals surface area contributed by atoms with Gasteiger partial charge in [-0.2, -0.15) is 0 Å². The molecule has 0 aliphatic carbocycles. The first-order valence-corrected chi connectivity index (χ1v) is 4.68. The van der Waals surface area contributed by atoms with Crippen molar-refractivity contribution in [2.24, 2.45) is 5.92 Å². The van der Waals surface area contributed by atoms with Crippen LogP contribution in [-0.2, 0) is 0 Å². The van der Waals surface area contributed by atoms with Gasteiger partial charge in [0.25, 0.3) is 0 Å². The molecular weight excluding hydrogens is 163 g/mol. The van der Waals surface area contributed by atoms with Crippen LogP contribution < -0.4 is 0 Å². The molecule has 0 amide bonds. The fraction of sp³-hybridized carbons (Fsp3) is 1.00. The predicted molar refractivity (Wildman–Crippen MR) is 66.3 cm³/mol. The van der Waals surface area contributed by atoms with Crippen molar-refractivity contribution in [3.63, 3.8) is 0 Å². The minimum absolute atomic E-state index is 0. The van der Waals surface area contributed by atoms with Crippen LogP contribution in [0.15, 0.2) is 0 Å². The standard InChI is InChI=1S/C7H16.C3H8.2CH4.FH/c1-4-5-6-7(2)3;1-3-2;;;/h7H,4-6H2,1-3H3;3H2,1-2H3;2*1H4;1H. The van der Waals surface area contributed by atoms with E-state index in [1.807, 2.05) is 0 Å². The SMILES string of the molecule is C.C.CCC.CCCCC(C)C.F. The predicted octanol–water partition coefficient (Wildman–Crippen LogP) is 5.67. The molecule has 0 unspecified atom stereocenters.